The van der Waals surface area contributed by atoms with Crippen LogP contribution in [0.1, 0.15) is 48.8 Å². The predicted octanol–water partition coefficient (Wildman–Crippen LogP) is 5.43. The summed E-state index contributed by atoms with van der Waals surface area (Å²) in [5, 5.41) is 12.5. The van der Waals surface area contributed by atoms with Gasteiger partial charge >= 0.3 is 11.9 Å². The predicted molar refractivity (Wildman–Crippen MR) is 108 cm³/mol. The van der Waals surface area contributed by atoms with Crippen LogP contribution < -0.4 is 0 Å². The van der Waals surface area contributed by atoms with Gasteiger partial charge in [0, 0.05) is 22.6 Å². The van der Waals surface area contributed by atoms with E-state index in [0.717, 1.165) is 32.1 Å². The van der Waals surface area contributed by atoms with Gasteiger partial charge in [-0.3, -0.25) is 9.59 Å². The number of ether oxygens (including phenoxy) is 1. The molecule has 0 amide bonds. The van der Waals surface area contributed by atoms with E-state index in [-0.39, 0.29) is 5.97 Å². The molecule has 2 aromatic rings. The Labute approximate surface area is 163 Å². The molecule has 26 heavy (non-hydrogen) atoms. The van der Waals surface area contributed by atoms with Gasteiger partial charge in [-0.15, -0.1) is 22.7 Å². The number of methoxy groups -OCH3 is 1. The molecule has 2 heterocycles. The number of hydrogen-bond donors (Lipinski definition) is 1. The zero-order valence-electron chi connectivity index (χ0n) is 15.5. The quantitative estimate of drug-likeness (QED) is 0.430. The molecule has 0 spiro atoms. The number of carbonyl (C=O) groups is 2. The molecule has 0 fully saturated rings. The Balaban J connectivity index is 0.000000263. The lowest BCUT2D eigenvalue weighted by Gasteiger charge is -2.08. The Morgan fingerprint density at radius 1 is 1.08 bits per heavy atom. The number of aliphatic carboxylic acids is 1. The second kappa shape index (κ2) is 13.5. The van der Waals surface area contributed by atoms with Crippen LogP contribution in [-0.4, -0.2) is 24.2 Å². The molecule has 0 bridgehead atoms. The molecule has 1 atom stereocenters. The van der Waals surface area contributed by atoms with E-state index in [0.29, 0.717) is 18.8 Å². The third kappa shape index (κ3) is 11.1. The lowest BCUT2D eigenvalue weighted by atomic mass is 10.0. The number of thiophene rings is 2. The summed E-state index contributed by atoms with van der Waals surface area (Å²) in [6.07, 6.45) is 5.73. The Morgan fingerprint density at radius 2 is 1.69 bits per heavy atom. The molecular weight excluding hydrogens is 368 g/mol. The summed E-state index contributed by atoms with van der Waals surface area (Å²) in [4.78, 5) is 23.9. The van der Waals surface area contributed by atoms with Crippen molar-refractivity contribution in [3.8, 4) is 0 Å². The van der Waals surface area contributed by atoms with Crippen molar-refractivity contribution in [1.29, 1.82) is 0 Å². The maximum atomic E-state index is 11.0. The Hall–Kier alpha value is -1.66. The third-order valence-electron chi connectivity index (χ3n) is 3.85. The third-order valence-corrected chi connectivity index (χ3v) is 5.72. The van der Waals surface area contributed by atoms with Crippen molar-refractivity contribution in [1.82, 2.24) is 0 Å². The number of carbonyl (C=O) groups excluding carboxylic acids is 1. The smallest absolute Gasteiger partial charge is 0.305 e. The van der Waals surface area contributed by atoms with Gasteiger partial charge in [-0.2, -0.15) is 0 Å². The zero-order chi connectivity index (χ0) is 19.2. The van der Waals surface area contributed by atoms with Crippen LogP contribution in [-0.2, 0) is 27.2 Å². The molecule has 0 aromatic carbocycles. The van der Waals surface area contributed by atoms with Crippen LogP contribution in [0, 0.1) is 5.92 Å². The fraction of sp³-hybridized carbons (Fsp3) is 0.500. The number of hydrogen-bond acceptors (Lipinski definition) is 5. The Morgan fingerprint density at radius 3 is 2.19 bits per heavy atom. The summed E-state index contributed by atoms with van der Waals surface area (Å²) in [5.41, 5.74) is 0. The fourth-order valence-electron chi connectivity index (χ4n) is 2.34. The van der Waals surface area contributed by atoms with E-state index in [1.807, 2.05) is 11.4 Å². The van der Waals surface area contributed by atoms with Crippen molar-refractivity contribution in [2.45, 2.75) is 51.9 Å². The molecule has 0 saturated carbocycles. The number of rotatable bonds is 10. The molecule has 2 aromatic heterocycles. The highest BCUT2D eigenvalue weighted by molar-refractivity contribution is 7.10. The van der Waals surface area contributed by atoms with Gasteiger partial charge in [-0.25, -0.2) is 0 Å². The molecule has 1 N–H and O–H groups in total. The largest absolute Gasteiger partial charge is 0.481 e. The number of unbranched alkanes of at least 4 members (excludes halogenated alkanes) is 1. The summed E-state index contributed by atoms with van der Waals surface area (Å²) >= 11 is 3.51. The minimum absolute atomic E-state index is 0.108. The van der Waals surface area contributed by atoms with E-state index in [1.165, 1.54) is 16.9 Å². The van der Waals surface area contributed by atoms with Gasteiger partial charge in [0.2, 0.25) is 0 Å². The van der Waals surface area contributed by atoms with E-state index >= 15 is 0 Å². The Bertz CT molecular complexity index is 606. The second-order valence-corrected chi connectivity index (χ2v) is 8.25. The first-order valence-electron chi connectivity index (χ1n) is 8.84. The second-order valence-electron chi connectivity index (χ2n) is 6.18. The first-order valence-corrected chi connectivity index (χ1v) is 10.6. The van der Waals surface area contributed by atoms with Gasteiger partial charge in [0.1, 0.15) is 0 Å². The summed E-state index contributed by atoms with van der Waals surface area (Å²) in [5.74, 6) is -0.394. The minimum atomic E-state index is -0.693. The van der Waals surface area contributed by atoms with E-state index in [9.17, 15) is 9.59 Å². The number of esters is 1. The van der Waals surface area contributed by atoms with Crippen LogP contribution in [0.15, 0.2) is 35.0 Å². The summed E-state index contributed by atoms with van der Waals surface area (Å²) in [6, 6.07) is 8.31. The first-order chi connectivity index (χ1) is 12.5. The number of aryl methyl sites for hydroxylation is 2. The van der Waals surface area contributed by atoms with Crippen molar-refractivity contribution in [2.24, 2.45) is 5.92 Å². The van der Waals surface area contributed by atoms with Crippen molar-refractivity contribution < 1.29 is 19.4 Å². The van der Waals surface area contributed by atoms with E-state index in [1.54, 1.807) is 22.7 Å². The van der Waals surface area contributed by atoms with Crippen LogP contribution >= 0.6 is 22.7 Å². The topological polar surface area (TPSA) is 63.6 Å². The van der Waals surface area contributed by atoms with Crippen LogP contribution in [0.3, 0.4) is 0 Å². The molecule has 4 nitrogen and oxygen atoms in total. The average Bonchev–Trinajstić information content (AvgIpc) is 3.31. The van der Waals surface area contributed by atoms with Gasteiger partial charge in [0.05, 0.1) is 7.11 Å². The molecule has 2 rings (SSSR count). The van der Waals surface area contributed by atoms with Gasteiger partial charge in [0.25, 0.3) is 0 Å². The first kappa shape index (κ1) is 22.4. The monoisotopic (exact) mass is 396 g/mol. The highest BCUT2D eigenvalue weighted by Crippen LogP contribution is 2.16. The van der Waals surface area contributed by atoms with E-state index in [4.69, 9.17) is 5.11 Å². The number of carboxylic acid groups (broad SMARTS) is 1. The maximum absolute atomic E-state index is 11.0. The standard InChI is InChI=1S/C11H16O2S.C9H12O2S/c1-9(8-11(12)13-2)5-6-10-4-3-7-14-10;10-9(11)6-2-1-4-8-5-3-7-12-8/h3-4,7,9H,5-6,8H2,1-2H3;3,5,7H,1-2,4,6H2,(H,10,11). The van der Waals surface area contributed by atoms with E-state index < -0.39 is 5.97 Å². The average molecular weight is 397 g/mol. The molecule has 0 aliphatic heterocycles. The van der Waals surface area contributed by atoms with E-state index in [2.05, 4.69) is 35.2 Å². The van der Waals surface area contributed by atoms with Gasteiger partial charge in [0.15, 0.2) is 0 Å². The van der Waals surface area contributed by atoms with Gasteiger partial charge in [-0.05, 0) is 60.9 Å². The normalized spacial score (nSPS) is 11.3. The highest BCUT2D eigenvalue weighted by Gasteiger charge is 2.09. The SMILES string of the molecule is COC(=O)CC(C)CCc1cccs1.O=C(O)CCCCc1cccs1. The van der Waals surface area contributed by atoms with Crippen LogP contribution in [0.5, 0.6) is 0 Å². The lowest BCUT2D eigenvalue weighted by Crippen LogP contribution is -2.07. The Kier molecular flexibility index (Phi) is 11.6. The molecule has 0 radical (unpaired) electrons. The molecule has 144 valence electrons. The van der Waals surface area contributed by atoms with Crippen LogP contribution in [0.4, 0.5) is 0 Å². The lowest BCUT2D eigenvalue weighted by molar-refractivity contribution is -0.141. The minimum Gasteiger partial charge on any atom is -0.481 e. The summed E-state index contributed by atoms with van der Waals surface area (Å²) in [6.45, 7) is 2.09. The molecule has 0 aliphatic carbocycles. The summed E-state index contributed by atoms with van der Waals surface area (Å²) in [7, 11) is 1.44. The van der Waals surface area contributed by atoms with Crippen LogP contribution in [0.2, 0.25) is 0 Å². The maximum Gasteiger partial charge on any atom is 0.305 e. The molecular formula is C20H28O4S2. The van der Waals surface area contributed by atoms with Crippen molar-refractivity contribution in [3.05, 3.63) is 44.8 Å². The number of carboxylic acids is 1. The van der Waals surface area contributed by atoms with Crippen molar-refractivity contribution >= 4 is 34.6 Å². The molecule has 0 saturated heterocycles. The van der Waals surface area contributed by atoms with Crippen molar-refractivity contribution in [3.63, 3.8) is 0 Å². The van der Waals surface area contributed by atoms with Gasteiger partial charge < -0.3 is 9.84 Å². The van der Waals surface area contributed by atoms with Crippen molar-refractivity contribution in [2.75, 3.05) is 7.11 Å². The molecule has 1 unspecified atom stereocenters. The fourth-order valence-corrected chi connectivity index (χ4v) is 3.82. The highest BCUT2D eigenvalue weighted by atomic mass is 32.1. The summed E-state index contributed by atoms with van der Waals surface area (Å²) < 4.78 is 4.62. The zero-order valence-corrected chi connectivity index (χ0v) is 17.1. The van der Waals surface area contributed by atoms with Gasteiger partial charge in [-0.1, -0.05) is 19.1 Å². The molecule has 0 aliphatic rings. The molecule has 6 heteroatoms. The van der Waals surface area contributed by atoms with Crippen LogP contribution in [0.25, 0.3) is 0 Å².